The Morgan fingerprint density at radius 2 is 1.95 bits per heavy atom. The summed E-state index contributed by atoms with van der Waals surface area (Å²) in [6.45, 7) is 5.60. The molecule has 0 saturated carbocycles. The van der Waals surface area contributed by atoms with Gasteiger partial charge in [0.25, 0.3) is 5.91 Å². The normalized spacial score (nSPS) is 16.1. The van der Waals surface area contributed by atoms with E-state index in [0.29, 0.717) is 17.2 Å². The number of amides is 1. The molecule has 1 amide bonds. The molecule has 1 aliphatic rings. The third-order valence-corrected chi connectivity index (χ3v) is 3.58. The maximum Gasteiger partial charge on any atom is 0.274 e. The Morgan fingerprint density at radius 1 is 1.30 bits per heavy atom. The molecular formula is C14H23N5O. The molecule has 1 aromatic heterocycles. The van der Waals surface area contributed by atoms with Gasteiger partial charge in [-0.2, -0.15) is 0 Å². The fourth-order valence-electron chi connectivity index (χ4n) is 2.37. The lowest BCUT2D eigenvalue weighted by atomic mass is 10.2. The second-order valence-corrected chi connectivity index (χ2v) is 5.50. The van der Waals surface area contributed by atoms with Gasteiger partial charge in [-0.25, -0.2) is 9.97 Å². The fraction of sp³-hybridized carbons (Fsp3) is 0.643. The van der Waals surface area contributed by atoms with E-state index in [2.05, 4.69) is 15.4 Å². The van der Waals surface area contributed by atoms with Crippen LogP contribution in [0.4, 0.5) is 5.69 Å². The minimum absolute atomic E-state index is 0.0517. The second-order valence-electron chi connectivity index (χ2n) is 5.50. The molecule has 0 aliphatic carbocycles. The Labute approximate surface area is 119 Å². The van der Waals surface area contributed by atoms with E-state index in [-0.39, 0.29) is 11.8 Å². The van der Waals surface area contributed by atoms with Gasteiger partial charge < -0.3 is 10.3 Å². The summed E-state index contributed by atoms with van der Waals surface area (Å²) in [6, 6.07) is 0. The summed E-state index contributed by atoms with van der Waals surface area (Å²) >= 11 is 0. The summed E-state index contributed by atoms with van der Waals surface area (Å²) in [5, 5.41) is 0. The molecule has 0 unspecified atom stereocenters. The van der Waals surface area contributed by atoms with Crippen molar-refractivity contribution in [1.82, 2.24) is 14.9 Å². The van der Waals surface area contributed by atoms with E-state index >= 15 is 0 Å². The van der Waals surface area contributed by atoms with Gasteiger partial charge in [0.1, 0.15) is 5.82 Å². The van der Waals surface area contributed by atoms with E-state index in [4.69, 9.17) is 5.84 Å². The van der Waals surface area contributed by atoms with Crippen molar-refractivity contribution in [3.63, 3.8) is 0 Å². The van der Waals surface area contributed by atoms with Crippen molar-refractivity contribution in [1.29, 1.82) is 0 Å². The number of carbonyl (C=O) groups excluding carboxylic acids is 1. The lowest BCUT2D eigenvalue weighted by Gasteiger charge is -2.21. The SMILES string of the molecule is CC(C)c1ncc(NN)c(C(=O)N2CCCCCC2)n1. The molecule has 2 rings (SSSR count). The predicted octanol–water partition coefficient (Wildman–Crippen LogP) is 1.90. The highest BCUT2D eigenvalue weighted by Gasteiger charge is 2.22. The van der Waals surface area contributed by atoms with E-state index in [1.165, 1.54) is 12.8 Å². The van der Waals surface area contributed by atoms with Gasteiger partial charge in [-0.1, -0.05) is 26.7 Å². The molecule has 6 heteroatoms. The van der Waals surface area contributed by atoms with E-state index < -0.39 is 0 Å². The zero-order chi connectivity index (χ0) is 14.5. The first kappa shape index (κ1) is 14.7. The largest absolute Gasteiger partial charge is 0.337 e. The molecule has 6 nitrogen and oxygen atoms in total. The quantitative estimate of drug-likeness (QED) is 0.651. The predicted molar refractivity (Wildman–Crippen MR) is 78.3 cm³/mol. The van der Waals surface area contributed by atoms with Crippen molar-refractivity contribution < 1.29 is 4.79 Å². The van der Waals surface area contributed by atoms with E-state index in [1.807, 2.05) is 18.7 Å². The molecule has 0 radical (unpaired) electrons. The van der Waals surface area contributed by atoms with Gasteiger partial charge in [0.05, 0.1) is 11.9 Å². The van der Waals surface area contributed by atoms with Gasteiger partial charge in [0.15, 0.2) is 5.69 Å². The number of likely N-dealkylation sites (tertiary alicyclic amines) is 1. The van der Waals surface area contributed by atoms with Gasteiger partial charge in [0.2, 0.25) is 0 Å². The second kappa shape index (κ2) is 6.65. The van der Waals surface area contributed by atoms with E-state index in [9.17, 15) is 4.79 Å². The first-order valence-electron chi connectivity index (χ1n) is 7.26. The van der Waals surface area contributed by atoms with Gasteiger partial charge >= 0.3 is 0 Å². The first-order chi connectivity index (χ1) is 9.63. The maximum atomic E-state index is 12.6. The van der Waals surface area contributed by atoms with Gasteiger partial charge in [-0.3, -0.25) is 10.6 Å². The summed E-state index contributed by atoms with van der Waals surface area (Å²) in [4.78, 5) is 23.2. The fourth-order valence-corrected chi connectivity index (χ4v) is 2.37. The van der Waals surface area contributed by atoms with Crippen LogP contribution in [-0.4, -0.2) is 33.9 Å². The number of anilines is 1. The molecule has 110 valence electrons. The van der Waals surface area contributed by atoms with Crippen LogP contribution in [0.1, 0.15) is 61.8 Å². The topological polar surface area (TPSA) is 84.1 Å². The highest BCUT2D eigenvalue weighted by Crippen LogP contribution is 2.19. The number of rotatable bonds is 3. The average molecular weight is 277 g/mol. The lowest BCUT2D eigenvalue weighted by molar-refractivity contribution is 0.0756. The number of hydrazine groups is 1. The van der Waals surface area contributed by atoms with Crippen LogP contribution in [0.5, 0.6) is 0 Å². The van der Waals surface area contributed by atoms with Crippen LogP contribution in [0.3, 0.4) is 0 Å². The molecule has 3 N–H and O–H groups in total. The molecule has 20 heavy (non-hydrogen) atoms. The molecule has 0 spiro atoms. The number of hydrogen-bond acceptors (Lipinski definition) is 5. The van der Waals surface area contributed by atoms with Crippen molar-refractivity contribution in [2.45, 2.75) is 45.4 Å². The van der Waals surface area contributed by atoms with Crippen LogP contribution in [0.25, 0.3) is 0 Å². The Hall–Kier alpha value is -1.69. The smallest absolute Gasteiger partial charge is 0.274 e. The molecular weight excluding hydrogens is 254 g/mol. The summed E-state index contributed by atoms with van der Waals surface area (Å²) in [5.41, 5.74) is 3.40. The van der Waals surface area contributed by atoms with E-state index in [0.717, 1.165) is 25.9 Å². The zero-order valence-electron chi connectivity index (χ0n) is 12.2. The lowest BCUT2D eigenvalue weighted by Crippen LogP contribution is -2.33. The number of nitrogens with zero attached hydrogens (tertiary/aromatic N) is 3. The van der Waals surface area contributed by atoms with Crippen molar-refractivity contribution in [2.24, 2.45) is 5.84 Å². The van der Waals surface area contributed by atoms with Crippen LogP contribution in [0.15, 0.2) is 6.20 Å². The summed E-state index contributed by atoms with van der Waals surface area (Å²) in [6.07, 6.45) is 6.07. The summed E-state index contributed by atoms with van der Waals surface area (Å²) < 4.78 is 0. The molecule has 0 atom stereocenters. The standard InChI is InChI=1S/C14H23N5O/c1-10(2)13-16-9-11(18-15)12(17-13)14(20)19-7-5-3-4-6-8-19/h9-10,18H,3-8,15H2,1-2H3. The molecule has 1 aliphatic heterocycles. The molecule has 0 bridgehead atoms. The zero-order valence-corrected chi connectivity index (χ0v) is 12.2. The molecule has 1 saturated heterocycles. The van der Waals surface area contributed by atoms with Crippen LogP contribution in [0, 0.1) is 0 Å². The molecule has 0 aromatic carbocycles. The summed E-state index contributed by atoms with van der Waals surface area (Å²) in [5.74, 6) is 6.27. The van der Waals surface area contributed by atoms with Crippen LogP contribution in [0.2, 0.25) is 0 Å². The summed E-state index contributed by atoms with van der Waals surface area (Å²) in [7, 11) is 0. The monoisotopic (exact) mass is 277 g/mol. The third-order valence-electron chi connectivity index (χ3n) is 3.58. The first-order valence-corrected chi connectivity index (χ1v) is 7.26. The Kier molecular flexibility index (Phi) is 4.89. The Bertz CT molecular complexity index is 467. The Morgan fingerprint density at radius 3 is 2.50 bits per heavy atom. The number of nitrogen functional groups attached to an aromatic ring is 1. The number of nitrogens with one attached hydrogen (secondary N) is 1. The Balaban J connectivity index is 2.28. The maximum absolute atomic E-state index is 12.6. The van der Waals surface area contributed by atoms with Gasteiger partial charge in [-0.15, -0.1) is 0 Å². The van der Waals surface area contributed by atoms with Crippen molar-refractivity contribution in [3.8, 4) is 0 Å². The molecule has 2 heterocycles. The van der Waals surface area contributed by atoms with Crippen molar-refractivity contribution in [3.05, 3.63) is 17.7 Å². The number of carbonyl (C=O) groups is 1. The van der Waals surface area contributed by atoms with Crippen LogP contribution >= 0.6 is 0 Å². The molecule has 1 aromatic rings. The number of aromatic nitrogens is 2. The minimum Gasteiger partial charge on any atom is -0.337 e. The number of hydrogen-bond donors (Lipinski definition) is 2. The minimum atomic E-state index is -0.0517. The van der Waals surface area contributed by atoms with Crippen LogP contribution < -0.4 is 11.3 Å². The van der Waals surface area contributed by atoms with E-state index in [1.54, 1.807) is 6.20 Å². The van der Waals surface area contributed by atoms with Gasteiger partial charge in [0, 0.05) is 19.0 Å². The average Bonchev–Trinajstić information content (AvgIpc) is 2.74. The number of nitrogens with two attached hydrogens (primary N) is 1. The van der Waals surface area contributed by atoms with Crippen LogP contribution in [-0.2, 0) is 0 Å². The highest BCUT2D eigenvalue weighted by atomic mass is 16.2. The highest BCUT2D eigenvalue weighted by molar-refractivity contribution is 5.97. The van der Waals surface area contributed by atoms with Gasteiger partial charge in [-0.05, 0) is 12.8 Å². The van der Waals surface area contributed by atoms with Crippen molar-refractivity contribution >= 4 is 11.6 Å². The third kappa shape index (κ3) is 3.25. The molecule has 1 fully saturated rings. The van der Waals surface area contributed by atoms with Crippen molar-refractivity contribution in [2.75, 3.05) is 18.5 Å².